The van der Waals surface area contributed by atoms with Crippen molar-refractivity contribution in [3.05, 3.63) is 36.5 Å². The standard InChI is InChI=1S/C18H30O2.C3H6O2.C2H4O2/c1-2-3-4-5-6-7-8-9-10-11-12-13-14-15-16-17-18(19)20;1-2-3(4)5;1-2(3)4/h3-4,6-7,9-10H,2,5,8,11-17H2,1H3,(H,19,20);2H2,1H3,(H,4,5);1H3,(H,3,4)/b4-3-,7-6-,10-9-;;. The maximum Gasteiger partial charge on any atom is 0.303 e. The fourth-order valence-corrected chi connectivity index (χ4v) is 1.90. The number of hydrogen-bond acceptors (Lipinski definition) is 3. The predicted octanol–water partition coefficient (Wildman–Crippen LogP) is 6.23. The zero-order valence-electron chi connectivity index (χ0n) is 18.3. The van der Waals surface area contributed by atoms with Crippen molar-refractivity contribution in [2.45, 2.75) is 91.4 Å². The van der Waals surface area contributed by atoms with E-state index >= 15 is 0 Å². The summed E-state index contributed by atoms with van der Waals surface area (Å²) in [5, 5.41) is 23.6. The van der Waals surface area contributed by atoms with E-state index in [2.05, 4.69) is 43.4 Å². The molecule has 3 N–H and O–H groups in total. The average Bonchev–Trinajstić information content (AvgIpc) is 2.64. The Morgan fingerprint density at radius 3 is 1.52 bits per heavy atom. The number of allylic oxidation sites excluding steroid dienone is 6. The molecule has 6 nitrogen and oxygen atoms in total. The fourth-order valence-electron chi connectivity index (χ4n) is 1.90. The molecular weight excluding hydrogens is 372 g/mol. The van der Waals surface area contributed by atoms with Crippen LogP contribution in [0.4, 0.5) is 0 Å². The molecule has 6 heteroatoms. The number of rotatable bonds is 14. The lowest BCUT2D eigenvalue weighted by molar-refractivity contribution is -0.137. The third kappa shape index (κ3) is 51.7. The van der Waals surface area contributed by atoms with E-state index in [4.69, 9.17) is 20.1 Å². The average molecular weight is 413 g/mol. The first-order chi connectivity index (χ1) is 13.8. The van der Waals surface area contributed by atoms with E-state index in [1.54, 1.807) is 6.92 Å². The molecule has 0 saturated heterocycles. The van der Waals surface area contributed by atoms with E-state index in [9.17, 15) is 9.59 Å². The number of carboxylic acid groups (broad SMARTS) is 3. The van der Waals surface area contributed by atoms with Gasteiger partial charge >= 0.3 is 11.9 Å². The summed E-state index contributed by atoms with van der Waals surface area (Å²) < 4.78 is 0. The minimum absolute atomic E-state index is 0.222. The van der Waals surface area contributed by atoms with Gasteiger partial charge in [0.2, 0.25) is 0 Å². The maximum absolute atomic E-state index is 10.3. The second kappa shape index (κ2) is 27.8. The summed E-state index contributed by atoms with van der Waals surface area (Å²) >= 11 is 0. The van der Waals surface area contributed by atoms with Gasteiger partial charge in [-0.2, -0.15) is 0 Å². The van der Waals surface area contributed by atoms with Crippen molar-refractivity contribution in [1.82, 2.24) is 0 Å². The molecule has 0 aromatic rings. The molecule has 0 unspecified atom stereocenters. The smallest absolute Gasteiger partial charge is 0.303 e. The first-order valence-corrected chi connectivity index (χ1v) is 10.4. The van der Waals surface area contributed by atoms with Crippen LogP contribution in [-0.4, -0.2) is 33.2 Å². The molecule has 0 aromatic carbocycles. The Hall–Kier alpha value is -2.37. The summed E-state index contributed by atoms with van der Waals surface area (Å²) in [4.78, 5) is 28.7. The van der Waals surface area contributed by atoms with Crippen LogP contribution >= 0.6 is 0 Å². The maximum atomic E-state index is 10.3. The third-order valence-corrected chi connectivity index (χ3v) is 3.34. The van der Waals surface area contributed by atoms with Gasteiger partial charge in [0.05, 0.1) is 0 Å². The summed E-state index contributed by atoms with van der Waals surface area (Å²) in [6, 6.07) is 0. The molecule has 0 aliphatic heterocycles. The van der Waals surface area contributed by atoms with Crippen LogP contribution in [0.15, 0.2) is 36.5 Å². The molecule has 0 fully saturated rings. The number of unbranched alkanes of at least 4 members (excludes halogenated alkanes) is 5. The number of aliphatic carboxylic acids is 3. The monoisotopic (exact) mass is 412 g/mol. The predicted molar refractivity (Wildman–Crippen MR) is 118 cm³/mol. The molecule has 0 aliphatic carbocycles. The minimum atomic E-state index is -0.833. The van der Waals surface area contributed by atoms with Crippen LogP contribution in [0.2, 0.25) is 0 Å². The lowest BCUT2D eigenvalue weighted by Crippen LogP contribution is -1.93. The molecule has 0 radical (unpaired) electrons. The van der Waals surface area contributed by atoms with Crippen LogP contribution in [0.3, 0.4) is 0 Å². The summed E-state index contributed by atoms with van der Waals surface area (Å²) in [7, 11) is 0. The highest BCUT2D eigenvalue weighted by molar-refractivity contribution is 5.66. The second-order valence-electron chi connectivity index (χ2n) is 6.26. The summed E-state index contributed by atoms with van der Waals surface area (Å²) in [6.07, 6.45) is 23.6. The molecule has 0 aliphatic rings. The van der Waals surface area contributed by atoms with Gasteiger partial charge in [0.15, 0.2) is 0 Å². The molecule has 168 valence electrons. The van der Waals surface area contributed by atoms with E-state index in [-0.39, 0.29) is 6.42 Å². The normalized spacial score (nSPS) is 10.4. The van der Waals surface area contributed by atoms with Crippen molar-refractivity contribution in [2.75, 3.05) is 0 Å². The van der Waals surface area contributed by atoms with Gasteiger partial charge in [-0.1, -0.05) is 69.6 Å². The Morgan fingerprint density at radius 1 is 0.655 bits per heavy atom. The summed E-state index contributed by atoms with van der Waals surface area (Å²) in [6.45, 7) is 4.83. The van der Waals surface area contributed by atoms with Crippen molar-refractivity contribution in [2.24, 2.45) is 0 Å². The lowest BCUT2D eigenvalue weighted by atomic mass is 10.1. The fraction of sp³-hybridized carbons (Fsp3) is 0.609. The van der Waals surface area contributed by atoms with E-state index < -0.39 is 17.9 Å². The van der Waals surface area contributed by atoms with Gasteiger partial charge in [0.25, 0.3) is 5.97 Å². The van der Waals surface area contributed by atoms with Crippen LogP contribution in [0.1, 0.15) is 91.4 Å². The Labute approximate surface area is 176 Å². The SMILES string of the molecule is CC(=O)O.CC/C=C\C/C=C\C/C=C\CCCCCCCC(=O)O.CCC(=O)O. The molecule has 0 rings (SSSR count). The highest BCUT2D eigenvalue weighted by Crippen LogP contribution is 2.07. The molecule has 0 spiro atoms. The third-order valence-electron chi connectivity index (χ3n) is 3.34. The Morgan fingerprint density at radius 2 is 1.07 bits per heavy atom. The molecule has 0 aromatic heterocycles. The van der Waals surface area contributed by atoms with Crippen LogP contribution in [-0.2, 0) is 14.4 Å². The van der Waals surface area contributed by atoms with Crippen molar-refractivity contribution >= 4 is 17.9 Å². The van der Waals surface area contributed by atoms with E-state index in [1.165, 1.54) is 12.8 Å². The zero-order valence-corrected chi connectivity index (χ0v) is 18.3. The lowest BCUT2D eigenvalue weighted by Gasteiger charge is -1.98. The molecule has 0 amide bonds. The quantitative estimate of drug-likeness (QED) is 0.230. The van der Waals surface area contributed by atoms with Crippen LogP contribution in [0, 0.1) is 0 Å². The highest BCUT2D eigenvalue weighted by atomic mass is 16.4. The van der Waals surface area contributed by atoms with E-state index in [0.717, 1.165) is 51.9 Å². The first-order valence-electron chi connectivity index (χ1n) is 10.4. The van der Waals surface area contributed by atoms with Crippen molar-refractivity contribution in [3.8, 4) is 0 Å². The zero-order chi connectivity index (χ0) is 22.8. The van der Waals surface area contributed by atoms with E-state index in [0.29, 0.717) is 6.42 Å². The van der Waals surface area contributed by atoms with Gasteiger partial charge in [-0.15, -0.1) is 0 Å². The van der Waals surface area contributed by atoms with Gasteiger partial charge < -0.3 is 15.3 Å². The molecule has 0 atom stereocenters. The number of carbonyl (C=O) groups is 3. The highest BCUT2D eigenvalue weighted by Gasteiger charge is 1.95. The van der Waals surface area contributed by atoms with Crippen LogP contribution < -0.4 is 0 Å². The molecule has 0 heterocycles. The second-order valence-corrected chi connectivity index (χ2v) is 6.26. The van der Waals surface area contributed by atoms with Crippen LogP contribution in [0.5, 0.6) is 0 Å². The van der Waals surface area contributed by atoms with Gasteiger partial charge in [0.1, 0.15) is 0 Å². The van der Waals surface area contributed by atoms with Gasteiger partial charge in [0, 0.05) is 19.8 Å². The van der Waals surface area contributed by atoms with Gasteiger partial charge in [-0.3, -0.25) is 14.4 Å². The van der Waals surface area contributed by atoms with Gasteiger partial charge in [-0.05, 0) is 38.5 Å². The Balaban J connectivity index is -0.000000623. The van der Waals surface area contributed by atoms with Crippen LogP contribution in [0.25, 0.3) is 0 Å². The minimum Gasteiger partial charge on any atom is -0.481 e. The molecular formula is C23H40O6. The van der Waals surface area contributed by atoms with Crippen molar-refractivity contribution in [1.29, 1.82) is 0 Å². The Kier molecular flexibility index (Phi) is 30.1. The molecule has 0 saturated carbocycles. The summed E-state index contributed by atoms with van der Waals surface area (Å²) in [5.74, 6) is -2.25. The first kappa shape index (κ1) is 31.3. The Bertz CT molecular complexity index is 474. The van der Waals surface area contributed by atoms with Crippen molar-refractivity contribution in [3.63, 3.8) is 0 Å². The summed E-state index contributed by atoms with van der Waals surface area (Å²) in [5.41, 5.74) is 0. The molecule has 29 heavy (non-hydrogen) atoms. The number of carboxylic acids is 3. The van der Waals surface area contributed by atoms with Gasteiger partial charge in [-0.25, -0.2) is 0 Å². The largest absolute Gasteiger partial charge is 0.481 e. The van der Waals surface area contributed by atoms with E-state index in [1.807, 2.05) is 0 Å². The van der Waals surface area contributed by atoms with Crippen molar-refractivity contribution < 1.29 is 29.7 Å². The molecule has 0 bridgehead atoms. The number of hydrogen-bond donors (Lipinski definition) is 3. The topological polar surface area (TPSA) is 112 Å².